The Labute approximate surface area is 154 Å². The van der Waals surface area contributed by atoms with Gasteiger partial charge in [0, 0.05) is 45.4 Å². The number of amides is 1. The van der Waals surface area contributed by atoms with E-state index in [9.17, 15) is 10.1 Å². The maximum Gasteiger partial charge on any atom is 0.233 e. The second-order valence-electron chi connectivity index (χ2n) is 7.21. The molecular formula is C19H26N4O3. The van der Waals surface area contributed by atoms with Crippen molar-refractivity contribution < 1.29 is 14.6 Å². The average molecular weight is 358 g/mol. The SMILES string of the molecule is COc1nccc(N2CCC3(CCC(=O)N(CCCO)C3)CC2)c1C#N. The number of aliphatic hydroxyl groups is 1. The summed E-state index contributed by atoms with van der Waals surface area (Å²) in [5.74, 6) is 0.570. The van der Waals surface area contributed by atoms with Crippen molar-refractivity contribution in [2.45, 2.75) is 32.1 Å². The number of anilines is 1. The quantitative estimate of drug-likeness (QED) is 0.859. The molecule has 0 aromatic carbocycles. The molecule has 3 heterocycles. The van der Waals surface area contributed by atoms with E-state index >= 15 is 0 Å². The molecule has 1 aromatic rings. The lowest BCUT2D eigenvalue weighted by Crippen LogP contribution is -2.51. The number of rotatable bonds is 5. The predicted molar refractivity (Wildman–Crippen MR) is 96.9 cm³/mol. The summed E-state index contributed by atoms with van der Waals surface area (Å²) in [4.78, 5) is 20.4. The van der Waals surface area contributed by atoms with Crippen molar-refractivity contribution in [2.75, 3.05) is 44.8 Å². The van der Waals surface area contributed by atoms with E-state index in [-0.39, 0.29) is 17.9 Å². The Bertz CT molecular complexity index is 693. The van der Waals surface area contributed by atoms with Crippen LogP contribution in [0, 0.1) is 16.7 Å². The minimum Gasteiger partial charge on any atom is -0.480 e. The van der Waals surface area contributed by atoms with Gasteiger partial charge in [0.25, 0.3) is 0 Å². The summed E-state index contributed by atoms with van der Waals surface area (Å²) >= 11 is 0. The van der Waals surface area contributed by atoms with Crippen molar-refractivity contribution in [2.24, 2.45) is 5.41 Å². The number of methoxy groups -OCH3 is 1. The fourth-order valence-electron chi connectivity index (χ4n) is 4.15. The number of nitriles is 1. The highest BCUT2D eigenvalue weighted by Gasteiger charge is 2.41. The van der Waals surface area contributed by atoms with Gasteiger partial charge < -0.3 is 19.6 Å². The molecule has 1 amide bonds. The molecule has 0 saturated carbocycles. The van der Waals surface area contributed by atoms with Gasteiger partial charge in [-0.25, -0.2) is 4.98 Å². The van der Waals surface area contributed by atoms with Gasteiger partial charge in [0.15, 0.2) is 0 Å². The molecule has 0 unspecified atom stereocenters. The van der Waals surface area contributed by atoms with E-state index in [1.165, 1.54) is 7.11 Å². The Morgan fingerprint density at radius 3 is 2.81 bits per heavy atom. The molecule has 26 heavy (non-hydrogen) atoms. The molecule has 1 aromatic heterocycles. The topological polar surface area (TPSA) is 89.7 Å². The normalized spacial score (nSPS) is 19.5. The fourth-order valence-corrected chi connectivity index (χ4v) is 4.15. The molecule has 3 rings (SSSR count). The maximum atomic E-state index is 12.1. The predicted octanol–water partition coefficient (Wildman–Crippen LogP) is 1.55. The first-order chi connectivity index (χ1) is 12.6. The third-order valence-corrected chi connectivity index (χ3v) is 5.70. The smallest absolute Gasteiger partial charge is 0.233 e. The van der Waals surface area contributed by atoms with Crippen LogP contribution >= 0.6 is 0 Å². The number of hydrogen-bond acceptors (Lipinski definition) is 6. The van der Waals surface area contributed by atoms with Gasteiger partial charge in [0.05, 0.1) is 12.8 Å². The number of hydrogen-bond donors (Lipinski definition) is 1. The van der Waals surface area contributed by atoms with E-state index in [1.807, 2.05) is 11.0 Å². The van der Waals surface area contributed by atoms with Gasteiger partial charge in [-0.15, -0.1) is 0 Å². The molecule has 2 saturated heterocycles. The molecule has 7 nitrogen and oxygen atoms in total. The number of aliphatic hydroxyl groups excluding tert-OH is 1. The van der Waals surface area contributed by atoms with Gasteiger partial charge >= 0.3 is 0 Å². The minimum absolute atomic E-state index is 0.116. The summed E-state index contributed by atoms with van der Waals surface area (Å²) in [6.45, 7) is 3.24. The molecule has 140 valence electrons. The van der Waals surface area contributed by atoms with E-state index in [4.69, 9.17) is 9.84 Å². The zero-order chi connectivity index (χ0) is 18.6. The van der Waals surface area contributed by atoms with Gasteiger partial charge in [-0.2, -0.15) is 5.26 Å². The first-order valence-electron chi connectivity index (χ1n) is 9.19. The summed E-state index contributed by atoms with van der Waals surface area (Å²) in [5, 5.41) is 18.5. The fraction of sp³-hybridized carbons (Fsp3) is 0.632. The Kier molecular flexibility index (Phi) is 5.62. The number of piperidine rings is 2. The number of likely N-dealkylation sites (tertiary alicyclic amines) is 1. The van der Waals surface area contributed by atoms with Crippen LogP contribution in [0.15, 0.2) is 12.3 Å². The van der Waals surface area contributed by atoms with E-state index < -0.39 is 0 Å². The standard InChI is InChI=1S/C19H26N4O3/c1-26-18-15(13-20)16(4-8-21-18)22-10-6-19(7-11-22)5-3-17(25)23(14-19)9-2-12-24/h4,8,24H,2-3,5-7,9-12,14H2,1H3. The molecular weight excluding hydrogens is 332 g/mol. The van der Waals surface area contributed by atoms with Crippen LogP contribution in [-0.4, -0.2) is 60.8 Å². The van der Waals surface area contributed by atoms with E-state index in [1.54, 1.807) is 6.20 Å². The molecule has 0 radical (unpaired) electrons. The van der Waals surface area contributed by atoms with Crippen molar-refractivity contribution in [1.29, 1.82) is 5.26 Å². The van der Waals surface area contributed by atoms with Crippen LogP contribution in [0.3, 0.4) is 0 Å². The van der Waals surface area contributed by atoms with Crippen molar-refractivity contribution in [3.63, 3.8) is 0 Å². The molecule has 0 bridgehead atoms. The number of carbonyl (C=O) groups is 1. The first-order valence-corrected chi connectivity index (χ1v) is 9.19. The van der Waals surface area contributed by atoms with Crippen LogP contribution in [-0.2, 0) is 4.79 Å². The number of carbonyl (C=O) groups excluding carboxylic acids is 1. The largest absolute Gasteiger partial charge is 0.480 e. The lowest BCUT2D eigenvalue weighted by atomic mass is 9.72. The molecule has 7 heteroatoms. The highest BCUT2D eigenvalue weighted by Crippen LogP contribution is 2.42. The van der Waals surface area contributed by atoms with Gasteiger partial charge in [0.2, 0.25) is 11.8 Å². The Hall–Kier alpha value is -2.33. The van der Waals surface area contributed by atoms with Crippen molar-refractivity contribution in [1.82, 2.24) is 9.88 Å². The Morgan fingerprint density at radius 2 is 2.15 bits per heavy atom. The molecule has 0 atom stereocenters. The third-order valence-electron chi connectivity index (χ3n) is 5.70. The van der Waals surface area contributed by atoms with Crippen LogP contribution < -0.4 is 9.64 Å². The highest BCUT2D eigenvalue weighted by atomic mass is 16.5. The van der Waals surface area contributed by atoms with Crippen molar-refractivity contribution in [3.05, 3.63) is 17.8 Å². The lowest BCUT2D eigenvalue weighted by molar-refractivity contribution is -0.138. The monoisotopic (exact) mass is 358 g/mol. The zero-order valence-corrected chi connectivity index (χ0v) is 15.3. The number of pyridine rings is 1. The summed E-state index contributed by atoms with van der Waals surface area (Å²) < 4.78 is 5.22. The van der Waals surface area contributed by atoms with E-state index in [0.717, 1.165) is 44.6 Å². The van der Waals surface area contributed by atoms with Crippen LogP contribution in [0.4, 0.5) is 5.69 Å². The van der Waals surface area contributed by atoms with Crippen LogP contribution in [0.5, 0.6) is 5.88 Å². The second-order valence-corrected chi connectivity index (χ2v) is 7.21. The average Bonchev–Trinajstić information content (AvgIpc) is 2.68. The summed E-state index contributed by atoms with van der Waals surface area (Å²) in [6, 6.07) is 4.09. The Balaban J connectivity index is 1.70. The summed E-state index contributed by atoms with van der Waals surface area (Å²) in [7, 11) is 1.53. The number of ether oxygens (including phenoxy) is 1. The van der Waals surface area contributed by atoms with Gasteiger partial charge in [-0.05, 0) is 37.2 Å². The van der Waals surface area contributed by atoms with Crippen LogP contribution in [0.1, 0.15) is 37.7 Å². The number of aromatic nitrogens is 1. The zero-order valence-electron chi connectivity index (χ0n) is 15.3. The van der Waals surface area contributed by atoms with Crippen molar-refractivity contribution >= 4 is 11.6 Å². The number of nitrogens with zero attached hydrogens (tertiary/aromatic N) is 4. The third kappa shape index (κ3) is 3.61. The maximum absolute atomic E-state index is 12.1. The molecule has 2 aliphatic rings. The van der Waals surface area contributed by atoms with E-state index in [0.29, 0.717) is 30.8 Å². The van der Waals surface area contributed by atoms with Crippen LogP contribution in [0.25, 0.3) is 0 Å². The summed E-state index contributed by atoms with van der Waals surface area (Å²) in [6.07, 6.45) is 5.82. The van der Waals surface area contributed by atoms with Gasteiger partial charge in [-0.1, -0.05) is 0 Å². The lowest BCUT2D eigenvalue weighted by Gasteiger charge is -2.48. The molecule has 0 aliphatic carbocycles. The first kappa shape index (κ1) is 18.5. The van der Waals surface area contributed by atoms with Gasteiger partial charge in [0.1, 0.15) is 11.6 Å². The van der Waals surface area contributed by atoms with Crippen molar-refractivity contribution in [3.8, 4) is 11.9 Å². The highest BCUT2D eigenvalue weighted by molar-refractivity contribution is 5.77. The molecule has 1 N–H and O–H groups in total. The summed E-state index contributed by atoms with van der Waals surface area (Å²) in [5.41, 5.74) is 1.51. The molecule has 2 aliphatic heterocycles. The van der Waals surface area contributed by atoms with Crippen LogP contribution in [0.2, 0.25) is 0 Å². The van der Waals surface area contributed by atoms with Gasteiger partial charge in [-0.3, -0.25) is 4.79 Å². The van der Waals surface area contributed by atoms with E-state index in [2.05, 4.69) is 16.0 Å². The molecule has 2 fully saturated rings. The molecule has 1 spiro atoms. The minimum atomic E-state index is 0.116. The Morgan fingerprint density at radius 1 is 1.38 bits per heavy atom. The second kappa shape index (κ2) is 7.92.